The monoisotopic (exact) mass is 258 g/mol. The van der Waals surface area contributed by atoms with Crippen molar-refractivity contribution in [3.8, 4) is 0 Å². The molecular formula is C14H18N4O. The number of rotatable bonds is 1. The highest BCUT2D eigenvalue weighted by molar-refractivity contribution is 5.93. The first-order chi connectivity index (χ1) is 9.24. The maximum Gasteiger partial charge on any atom is 0.274 e. The number of hydrogen-bond acceptors (Lipinski definition) is 3. The fourth-order valence-corrected chi connectivity index (χ4v) is 2.42. The molecule has 100 valence electrons. The molecule has 0 unspecified atom stereocenters. The molecule has 0 aromatic carbocycles. The summed E-state index contributed by atoms with van der Waals surface area (Å²) >= 11 is 0. The Bertz CT molecular complexity index is 597. The molecule has 1 fully saturated rings. The number of carbonyl (C=O) groups is 1. The molecule has 5 heteroatoms. The van der Waals surface area contributed by atoms with Crippen LogP contribution >= 0.6 is 0 Å². The lowest BCUT2D eigenvalue weighted by molar-refractivity contribution is 0.0760. The molecule has 0 radical (unpaired) electrons. The summed E-state index contributed by atoms with van der Waals surface area (Å²) in [6, 6.07) is 5.89. The maximum absolute atomic E-state index is 12.4. The van der Waals surface area contributed by atoms with E-state index in [4.69, 9.17) is 0 Å². The highest BCUT2D eigenvalue weighted by Crippen LogP contribution is 2.11. The van der Waals surface area contributed by atoms with E-state index in [9.17, 15) is 4.79 Å². The predicted octanol–water partition coefficient (Wildman–Crippen LogP) is 1.08. The van der Waals surface area contributed by atoms with E-state index >= 15 is 0 Å². The summed E-state index contributed by atoms with van der Waals surface area (Å²) in [6.07, 6.45) is 2.89. The van der Waals surface area contributed by atoms with Crippen molar-refractivity contribution in [3.63, 3.8) is 0 Å². The summed E-state index contributed by atoms with van der Waals surface area (Å²) in [5.41, 5.74) is 2.68. The van der Waals surface area contributed by atoms with E-state index in [1.165, 1.54) is 5.56 Å². The number of hydrogen-bond donors (Lipinski definition) is 1. The Kier molecular flexibility index (Phi) is 3.21. The van der Waals surface area contributed by atoms with E-state index in [1.54, 1.807) is 4.52 Å². The van der Waals surface area contributed by atoms with Crippen LogP contribution in [0.5, 0.6) is 0 Å². The zero-order valence-corrected chi connectivity index (χ0v) is 11.1. The third-order valence-corrected chi connectivity index (χ3v) is 3.47. The van der Waals surface area contributed by atoms with Crippen LogP contribution in [0.1, 0.15) is 22.5 Å². The molecule has 0 aliphatic carbocycles. The van der Waals surface area contributed by atoms with Crippen LogP contribution in [0, 0.1) is 6.92 Å². The number of fused-ring (bicyclic) bond motifs is 1. The van der Waals surface area contributed by atoms with Crippen molar-refractivity contribution < 1.29 is 4.79 Å². The topological polar surface area (TPSA) is 49.6 Å². The van der Waals surface area contributed by atoms with Gasteiger partial charge in [0.05, 0.1) is 5.52 Å². The summed E-state index contributed by atoms with van der Waals surface area (Å²) in [7, 11) is 0. The molecule has 1 saturated heterocycles. The Morgan fingerprint density at radius 3 is 3.11 bits per heavy atom. The van der Waals surface area contributed by atoms with Gasteiger partial charge in [0, 0.05) is 25.8 Å². The van der Waals surface area contributed by atoms with Crippen LogP contribution in [-0.2, 0) is 0 Å². The van der Waals surface area contributed by atoms with Gasteiger partial charge in [0.25, 0.3) is 5.91 Å². The van der Waals surface area contributed by atoms with Crippen molar-refractivity contribution in [2.45, 2.75) is 13.3 Å². The summed E-state index contributed by atoms with van der Waals surface area (Å²) in [5.74, 6) is 0.0325. The molecule has 1 aliphatic heterocycles. The van der Waals surface area contributed by atoms with E-state index < -0.39 is 0 Å². The molecule has 1 aliphatic rings. The summed E-state index contributed by atoms with van der Waals surface area (Å²) in [5, 5.41) is 7.66. The molecule has 3 heterocycles. The Balaban J connectivity index is 1.88. The SMILES string of the molecule is Cc1ccn2nc(C(=O)N3CCCNCC3)cc2c1. The van der Waals surface area contributed by atoms with E-state index in [-0.39, 0.29) is 5.91 Å². The lowest BCUT2D eigenvalue weighted by Gasteiger charge is -2.18. The molecule has 0 bridgehead atoms. The number of aryl methyl sites for hydroxylation is 1. The van der Waals surface area contributed by atoms with Crippen molar-refractivity contribution in [2.75, 3.05) is 26.2 Å². The minimum atomic E-state index is 0.0325. The standard InChI is InChI=1S/C14H18N4O/c1-11-3-7-18-12(9-11)10-13(16-18)14(19)17-6-2-4-15-5-8-17/h3,7,9-10,15H,2,4-6,8H2,1H3. The Hall–Kier alpha value is -1.88. The minimum absolute atomic E-state index is 0.0325. The highest BCUT2D eigenvalue weighted by Gasteiger charge is 2.19. The molecule has 0 atom stereocenters. The van der Waals surface area contributed by atoms with Crippen molar-refractivity contribution in [2.24, 2.45) is 0 Å². The Morgan fingerprint density at radius 2 is 2.21 bits per heavy atom. The lowest BCUT2D eigenvalue weighted by Crippen LogP contribution is -2.34. The first-order valence-corrected chi connectivity index (χ1v) is 6.70. The van der Waals surface area contributed by atoms with Gasteiger partial charge in [0.15, 0.2) is 5.69 Å². The van der Waals surface area contributed by atoms with Crippen LogP contribution < -0.4 is 5.32 Å². The van der Waals surface area contributed by atoms with Crippen LogP contribution in [0.3, 0.4) is 0 Å². The summed E-state index contributed by atoms with van der Waals surface area (Å²) in [4.78, 5) is 14.3. The summed E-state index contributed by atoms with van der Waals surface area (Å²) < 4.78 is 1.76. The number of pyridine rings is 1. The molecule has 1 amide bonds. The third-order valence-electron chi connectivity index (χ3n) is 3.47. The highest BCUT2D eigenvalue weighted by atomic mass is 16.2. The fraction of sp³-hybridized carbons (Fsp3) is 0.429. The molecular weight excluding hydrogens is 240 g/mol. The summed E-state index contributed by atoms with van der Waals surface area (Å²) in [6.45, 7) is 5.44. The van der Waals surface area contributed by atoms with Gasteiger partial charge in [-0.05, 0) is 43.7 Å². The van der Waals surface area contributed by atoms with Crippen LogP contribution in [0.15, 0.2) is 24.4 Å². The Labute approximate surface area is 112 Å². The van der Waals surface area contributed by atoms with E-state index in [0.29, 0.717) is 5.69 Å². The van der Waals surface area contributed by atoms with Gasteiger partial charge in [-0.25, -0.2) is 4.52 Å². The molecule has 0 spiro atoms. The van der Waals surface area contributed by atoms with E-state index in [2.05, 4.69) is 10.4 Å². The van der Waals surface area contributed by atoms with Gasteiger partial charge in [-0.15, -0.1) is 0 Å². The van der Waals surface area contributed by atoms with Crippen LogP contribution in [0.4, 0.5) is 0 Å². The number of carbonyl (C=O) groups excluding carboxylic acids is 1. The first-order valence-electron chi connectivity index (χ1n) is 6.70. The van der Waals surface area contributed by atoms with Crippen LogP contribution in [0.2, 0.25) is 0 Å². The van der Waals surface area contributed by atoms with Crippen molar-refractivity contribution in [1.82, 2.24) is 19.8 Å². The largest absolute Gasteiger partial charge is 0.336 e. The average molecular weight is 258 g/mol. The second kappa shape index (κ2) is 5.01. The van der Waals surface area contributed by atoms with Crippen LogP contribution in [0.25, 0.3) is 5.52 Å². The van der Waals surface area contributed by atoms with Gasteiger partial charge in [-0.2, -0.15) is 5.10 Å². The van der Waals surface area contributed by atoms with Crippen molar-refractivity contribution in [1.29, 1.82) is 0 Å². The minimum Gasteiger partial charge on any atom is -0.336 e. The van der Waals surface area contributed by atoms with Gasteiger partial charge in [-0.1, -0.05) is 0 Å². The van der Waals surface area contributed by atoms with Gasteiger partial charge in [0.2, 0.25) is 0 Å². The molecule has 1 N–H and O–H groups in total. The molecule has 2 aromatic rings. The van der Waals surface area contributed by atoms with Gasteiger partial charge in [0.1, 0.15) is 0 Å². The third kappa shape index (κ3) is 2.46. The van der Waals surface area contributed by atoms with Gasteiger partial charge >= 0.3 is 0 Å². The van der Waals surface area contributed by atoms with Gasteiger partial charge in [-0.3, -0.25) is 4.79 Å². The molecule has 0 saturated carbocycles. The molecule has 2 aromatic heterocycles. The average Bonchev–Trinajstić information content (AvgIpc) is 2.64. The smallest absolute Gasteiger partial charge is 0.274 e. The number of nitrogens with zero attached hydrogens (tertiary/aromatic N) is 3. The lowest BCUT2D eigenvalue weighted by atomic mass is 10.2. The molecule has 19 heavy (non-hydrogen) atoms. The molecule has 5 nitrogen and oxygen atoms in total. The maximum atomic E-state index is 12.4. The number of nitrogens with one attached hydrogen (secondary N) is 1. The predicted molar refractivity (Wildman–Crippen MR) is 73.3 cm³/mol. The number of aromatic nitrogens is 2. The quantitative estimate of drug-likeness (QED) is 0.832. The van der Waals surface area contributed by atoms with Crippen molar-refractivity contribution in [3.05, 3.63) is 35.7 Å². The Morgan fingerprint density at radius 1 is 1.32 bits per heavy atom. The van der Waals surface area contributed by atoms with E-state index in [0.717, 1.165) is 38.1 Å². The van der Waals surface area contributed by atoms with E-state index in [1.807, 2.05) is 36.2 Å². The molecule has 3 rings (SSSR count). The normalized spacial score (nSPS) is 16.6. The zero-order chi connectivity index (χ0) is 13.2. The number of amides is 1. The fourth-order valence-electron chi connectivity index (χ4n) is 2.42. The zero-order valence-electron chi connectivity index (χ0n) is 11.1. The first kappa shape index (κ1) is 12.2. The van der Waals surface area contributed by atoms with Gasteiger partial charge < -0.3 is 10.2 Å². The van der Waals surface area contributed by atoms with Crippen LogP contribution in [-0.4, -0.2) is 46.6 Å². The second-order valence-corrected chi connectivity index (χ2v) is 5.00. The second-order valence-electron chi connectivity index (χ2n) is 5.00. The van der Waals surface area contributed by atoms with Crippen molar-refractivity contribution >= 4 is 11.4 Å².